The predicted molar refractivity (Wildman–Crippen MR) is 372 cm³/mol. The van der Waals surface area contributed by atoms with Crippen LogP contribution in [-0.2, 0) is 61.5 Å². The summed E-state index contributed by atoms with van der Waals surface area (Å²) in [6.07, 6.45) is 19.7. The van der Waals surface area contributed by atoms with Crippen LogP contribution in [0.4, 0.5) is 0 Å². The van der Waals surface area contributed by atoms with Crippen molar-refractivity contribution in [1.82, 2.24) is 10.6 Å². The predicted octanol–water partition coefficient (Wildman–Crippen LogP) is 11.4. The van der Waals surface area contributed by atoms with Crippen LogP contribution in [0.5, 0.6) is 0 Å². The van der Waals surface area contributed by atoms with Crippen molar-refractivity contribution >= 4 is 37.5 Å². The molecule has 98 heavy (non-hydrogen) atoms. The number of hydrogen-bond donors (Lipinski definition) is 8. The summed E-state index contributed by atoms with van der Waals surface area (Å²) in [5.41, 5.74) is 0. The maximum Gasteiger partial charge on any atom is 0.308 e. The fraction of sp³-hybridized carbons (Fsp3) is 0.905. The Labute approximate surface area is 588 Å². The number of hydrogen-bond acceptors (Lipinski definition) is 21. The number of carbonyl (C=O) groups is 5. The van der Waals surface area contributed by atoms with Gasteiger partial charge in [-0.15, -0.1) is 0 Å². The van der Waals surface area contributed by atoms with Crippen molar-refractivity contribution in [2.45, 2.75) is 416 Å². The third-order valence-electron chi connectivity index (χ3n) is 18.5. The lowest BCUT2D eigenvalue weighted by Crippen LogP contribution is -2.68. The lowest BCUT2D eigenvalue weighted by molar-refractivity contribution is -0.357. The van der Waals surface area contributed by atoms with Gasteiger partial charge in [0.25, 0.3) is 0 Å². The molecular weight excluding hydrogens is 1280 g/mol. The molecule has 0 aliphatic carbocycles. The molecule has 14 atom stereocenters. The molecule has 2 amide bonds. The SMILES string of the molecule is CCCCCCCC/C=C\CCCC(=O)O[C@H](CCCCCCCCCCC)CC(=O)N[C@H]1[C@H](OC[C@H]2O[C@H](O)[C@H](NC(=O)C[C@H](O)CCCCCCCCCCC)[C@@H](OC(=O)C[C@H](O)CCCCCCC)[C@@H]2O)O[C@H](CO)[C@@H](OP(=O)([O-])[O-])[C@@H]1OC(=O)C[C@H](O)CCCCCCC. The maximum atomic E-state index is 14.7. The Morgan fingerprint density at radius 3 is 1.33 bits per heavy atom. The highest BCUT2D eigenvalue weighted by atomic mass is 31.2. The smallest absolute Gasteiger partial charge is 0.308 e. The number of rotatable bonds is 62. The molecule has 0 spiro atoms. The molecule has 0 unspecified atom stereocenters. The lowest BCUT2D eigenvalue weighted by atomic mass is 9.95. The van der Waals surface area contributed by atoms with Gasteiger partial charge in [0.1, 0.15) is 42.6 Å². The highest BCUT2D eigenvalue weighted by Gasteiger charge is 2.53. The first kappa shape index (κ1) is 90.9. The second-order valence-electron chi connectivity index (χ2n) is 27.7. The summed E-state index contributed by atoms with van der Waals surface area (Å²) in [5, 5.41) is 72.7. The van der Waals surface area contributed by atoms with Crippen LogP contribution in [0, 0.1) is 0 Å². The molecule has 0 aromatic heterocycles. The summed E-state index contributed by atoms with van der Waals surface area (Å²) in [7, 11) is -6.05. The number of unbranched alkanes of at least 4 members (excludes halogenated alkanes) is 31. The Kier molecular flexibility index (Phi) is 53.1. The molecule has 2 saturated heterocycles. The molecular formula is C74H135N2O21P-2. The van der Waals surface area contributed by atoms with Crippen LogP contribution in [0.25, 0.3) is 0 Å². The van der Waals surface area contributed by atoms with E-state index in [2.05, 4.69) is 57.4 Å². The minimum Gasteiger partial charge on any atom is -0.790 e. The van der Waals surface area contributed by atoms with Gasteiger partial charge in [0, 0.05) is 6.42 Å². The average Bonchev–Trinajstić information content (AvgIpc) is 0.785. The Bertz CT molecular complexity index is 2120. The zero-order valence-corrected chi connectivity index (χ0v) is 61.8. The normalized spacial score (nSPS) is 22.5. The molecule has 2 fully saturated rings. The van der Waals surface area contributed by atoms with Crippen molar-refractivity contribution in [3.8, 4) is 0 Å². The molecule has 2 aliphatic rings. The maximum absolute atomic E-state index is 14.7. The van der Waals surface area contributed by atoms with Crippen molar-refractivity contribution in [3.05, 3.63) is 12.2 Å². The summed E-state index contributed by atoms with van der Waals surface area (Å²) < 4.78 is 53.4. The summed E-state index contributed by atoms with van der Waals surface area (Å²) in [6.45, 7) is 8.72. The number of amides is 2. The van der Waals surface area contributed by atoms with E-state index in [-0.39, 0.29) is 25.7 Å². The van der Waals surface area contributed by atoms with Crippen LogP contribution < -0.4 is 20.4 Å². The summed E-state index contributed by atoms with van der Waals surface area (Å²) in [4.78, 5) is 94.6. The monoisotopic (exact) mass is 1420 g/mol. The van der Waals surface area contributed by atoms with Crippen LogP contribution >= 0.6 is 7.82 Å². The van der Waals surface area contributed by atoms with Crippen LogP contribution in [0.3, 0.4) is 0 Å². The third-order valence-corrected chi connectivity index (χ3v) is 19.0. The number of allylic oxidation sites excluding steroid dienone is 2. The van der Waals surface area contributed by atoms with Crippen molar-refractivity contribution in [2.75, 3.05) is 13.2 Å². The van der Waals surface area contributed by atoms with Crippen LogP contribution in [0.1, 0.15) is 330 Å². The van der Waals surface area contributed by atoms with Gasteiger partial charge in [0.2, 0.25) is 11.8 Å². The average molecular weight is 1420 g/mol. The van der Waals surface area contributed by atoms with E-state index in [1.54, 1.807) is 0 Å². The molecule has 8 N–H and O–H groups in total. The van der Waals surface area contributed by atoms with Crippen molar-refractivity contribution in [3.63, 3.8) is 0 Å². The van der Waals surface area contributed by atoms with Gasteiger partial charge in [-0.3, -0.25) is 24.0 Å². The van der Waals surface area contributed by atoms with Crippen molar-refractivity contribution in [2.24, 2.45) is 0 Å². The van der Waals surface area contributed by atoms with Gasteiger partial charge in [-0.05, 0) is 57.8 Å². The van der Waals surface area contributed by atoms with E-state index < -0.39 is 162 Å². The minimum atomic E-state index is -6.05. The first-order valence-electron chi connectivity index (χ1n) is 38.7. The van der Waals surface area contributed by atoms with E-state index in [1.807, 2.05) is 0 Å². The number of phosphoric ester groups is 1. The van der Waals surface area contributed by atoms with Gasteiger partial charge in [0.05, 0.1) is 65.0 Å². The standard InChI is InChI=1S/C74H137N2O21P/c1-6-11-16-21-24-27-28-31-34-39-44-49-64(83)92-59(48-43-38-33-30-26-23-18-13-8-3)53-63(82)76-68-72(96-66(85)52-58(80)47-41-36-20-15-10-5)70(97-98(88,89)90)60(54-77)94-74(68)91-55-61-69(86)71(95-65(84)51-57(79)46-40-35-19-14-9-4)67(73(87)93-61)75-62(81)50-56(78)45-42-37-32-29-25-22-17-12-7-2/h31,34,56-61,67-74,77-80,86-87H,6-30,32-33,35-55H2,1-5H3,(H,75,81)(H,76,82)(H2,88,89,90)/p-2/b34-31-/t56-,57-,58-,59-,60-,61-,67-,68-,69-,70-,71-,72-,73+,74-/m1/s1. The molecule has 0 saturated carbocycles. The molecule has 23 nitrogen and oxygen atoms in total. The number of nitrogens with one attached hydrogen (secondary N) is 2. The van der Waals surface area contributed by atoms with E-state index in [0.717, 1.165) is 141 Å². The second-order valence-corrected chi connectivity index (χ2v) is 28.8. The first-order chi connectivity index (χ1) is 47.2. The van der Waals surface area contributed by atoms with Crippen LogP contribution in [0.2, 0.25) is 0 Å². The number of aliphatic hydroxyl groups excluding tert-OH is 6. The zero-order valence-electron chi connectivity index (χ0n) is 60.9. The fourth-order valence-corrected chi connectivity index (χ4v) is 13.3. The lowest BCUT2D eigenvalue weighted by Gasteiger charge is -2.48. The Morgan fingerprint density at radius 1 is 0.469 bits per heavy atom. The topological polar surface area (TPSA) is 359 Å². The fourth-order valence-electron chi connectivity index (χ4n) is 12.7. The largest absolute Gasteiger partial charge is 0.790 e. The van der Waals surface area contributed by atoms with Gasteiger partial charge in [-0.25, -0.2) is 0 Å². The Hall–Kier alpha value is -3.16. The summed E-state index contributed by atoms with van der Waals surface area (Å²) in [6, 6.07) is -3.49. The Morgan fingerprint density at radius 2 is 0.867 bits per heavy atom. The molecule has 24 heteroatoms. The first-order valence-corrected chi connectivity index (χ1v) is 40.1. The van der Waals surface area contributed by atoms with E-state index in [4.69, 9.17) is 32.9 Å². The minimum absolute atomic E-state index is 0.0684. The zero-order chi connectivity index (χ0) is 72.2. The number of ether oxygens (including phenoxy) is 6. The Balaban J connectivity index is 2.57. The highest BCUT2D eigenvalue weighted by Crippen LogP contribution is 2.37. The number of phosphoric acid groups is 1. The van der Waals surface area contributed by atoms with Gasteiger partial charge in [-0.2, -0.15) is 0 Å². The van der Waals surface area contributed by atoms with Gasteiger partial charge < -0.3 is 88.6 Å². The highest BCUT2D eigenvalue weighted by molar-refractivity contribution is 7.43. The van der Waals surface area contributed by atoms with Crippen LogP contribution in [0.15, 0.2) is 12.2 Å². The number of esters is 3. The summed E-state index contributed by atoms with van der Waals surface area (Å²) >= 11 is 0. The molecule has 2 heterocycles. The van der Waals surface area contributed by atoms with Gasteiger partial charge >= 0.3 is 17.9 Å². The quantitative estimate of drug-likeness (QED) is 0.00922. The van der Waals surface area contributed by atoms with Gasteiger partial charge in [0.15, 0.2) is 24.8 Å². The molecule has 0 aromatic rings. The van der Waals surface area contributed by atoms with E-state index in [1.165, 1.54) is 57.8 Å². The number of aliphatic hydroxyl groups is 6. The van der Waals surface area contributed by atoms with Gasteiger partial charge in [-0.1, -0.05) is 252 Å². The molecule has 574 valence electrons. The molecule has 0 radical (unpaired) electrons. The molecule has 0 bridgehead atoms. The van der Waals surface area contributed by atoms with Crippen molar-refractivity contribution in [1.29, 1.82) is 0 Å². The second kappa shape index (κ2) is 57.3. The molecule has 2 aliphatic heterocycles. The third kappa shape index (κ3) is 43.7. The summed E-state index contributed by atoms with van der Waals surface area (Å²) in [5.74, 6) is -4.25. The van der Waals surface area contributed by atoms with Crippen molar-refractivity contribution < 1.29 is 102 Å². The van der Waals surface area contributed by atoms with E-state index in [9.17, 15) is 69.0 Å². The number of carbonyl (C=O) groups excluding carboxylic acids is 5. The molecule has 0 aromatic carbocycles. The van der Waals surface area contributed by atoms with E-state index in [0.29, 0.717) is 44.9 Å². The van der Waals surface area contributed by atoms with Crippen LogP contribution in [-0.4, -0.2) is 159 Å². The van der Waals surface area contributed by atoms with E-state index >= 15 is 0 Å². The molecule has 2 rings (SSSR count).